The van der Waals surface area contributed by atoms with E-state index >= 15 is 0 Å². The molecule has 1 aliphatic carbocycles. The van der Waals surface area contributed by atoms with Gasteiger partial charge in [-0.2, -0.15) is 0 Å². The van der Waals surface area contributed by atoms with Crippen molar-refractivity contribution >= 4 is 60.6 Å². The van der Waals surface area contributed by atoms with Crippen molar-refractivity contribution in [2.75, 3.05) is 4.90 Å². The molecule has 2 atom stereocenters. The van der Waals surface area contributed by atoms with E-state index in [1.54, 1.807) is 0 Å². The first-order chi connectivity index (χ1) is 31.2. The van der Waals surface area contributed by atoms with Gasteiger partial charge in [-0.25, -0.2) is 0 Å². The van der Waals surface area contributed by atoms with E-state index in [0.717, 1.165) is 11.4 Å². The molecule has 0 saturated carbocycles. The molecule has 0 radical (unpaired) electrons. The van der Waals surface area contributed by atoms with Crippen molar-refractivity contribution in [1.82, 2.24) is 9.13 Å². The van der Waals surface area contributed by atoms with E-state index in [2.05, 4.69) is 251 Å². The van der Waals surface area contributed by atoms with Gasteiger partial charge in [0.05, 0.1) is 28.1 Å². The highest BCUT2D eigenvalue weighted by atomic mass is 15.2. The molecule has 0 N–H and O–H groups in total. The lowest BCUT2D eigenvalue weighted by Gasteiger charge is -2.30. The Morgan fingerprint density at radius 1 is 0.333 bits per heavy atom. The van der Waals surface area contributed by atoms with Gasteiger partial charge in [0.25, 0.3) is 0 Å². The Kier molecular flexibility index (Phi) is 8.04. The Balaban J connectivity index is 0.878. The smallest absolute Gasteiger partial charge is 0.0630 e. The van der Waals surface area contributed by atoms with Crippen molar-refractivity contribution in [3.63, 3.8) is 0 Å². The molecule has 0 bridgehead atoms. The maximum atomic E-state index is 2.54. The minimum Gasteiger partial charge on any atom is -0.333 e. The zero-order valence-corrected chi connectivity index (χ0v) is 34.5. The Hall–Kier alpha value is -8.14. The molecule has 9 aromatic carbocycles. The molecule has 0 spiro atoms. The zero-order chi connectivity index (χ0) is 41.4. The van der Waals surface area contributed by atoms with Crippen LogP contribution in [0.15, 0.2) is 237 Å². The first-order valence-corrected chi connectivity index (χ1v) is 21.9. The summed E-state index contributed by atoms with van der Waals surface area (Å²) >= 11 is 0. The van der Waals surface area contributed by atoms with Crippen molar-refractivity contribution in [1.29, 1.82) is 0 Å². The zero-order valence-electron chi connectivity index (χ0n) is 34.5. The summed E-state index contributed by atoms with van der Waals surface area (Å²) in [5, 5.41) is 5.02. The Morgan fingerprint density at radius 2 is 0.841 bits per heavy atom. The topological polar surface area (TPSA) is 13.1 Å². The minimum atomic E-state index is 0.181. The second-order valence-electron chi connectivity index (χ2n) is 16.9. The second kappa shape index (κ2) is 14.2. The molecule has 0 fully saturated rings. The number of hydrogen-bond donors (Lipinski definition) is 0. The predicted octanol–water partition coefficient (Wildman–Crippen LogP) is 15.5. The van der Waals surface area contributed by atoms with Crippen LogP contribution >= 0.6 is 0 Å². The largest absolute Gasteiger partial charge is 0.333 e. The SMILES string of the molecule is C1=CC2C(C=C1c1ccccc1)c1cc(-c3ccccc3)ccc1N2c1ccc(-c2ccc3c(c2)c2ccccc2n3-c2cccc(-n3c4ccccc4c4ccccc43)c2)cc1. The standard InChI is InChI=1S/C60H41N3/c1-3-14-40(15-4-1)43-28-34-59-53(37-43)54-38-44(41-16-5-2-6-17-41)29-35-60(54)61(59)46-31-26-42(27-32-46)45-30-33-58-52(36-45)51-22-9-12-25-57(51)63(58)48-19-13-18-47(39-48)62-55-23-10-7-20-49(55)50-21-8-11-24-56(50)62/h1-39,53,59H. The number of hydrogen-bond acceptors (Lipinski definition) is 1. The van der Waals surface area contributed by atoms with Gasteiger partial charge in [-0.3, -0.25) is 0 Å². The van der Waals surface area contributed by atoms with Crippen LogP contribution in [0.2, 0.25) is 0 Å². The van der Waals surface area contributed by atoms with Gasteiger partial charge in [-0.05, 0) is 112 Å². The molecule has 1 aliphatic heterocycles. The Morgan fingerprint density at radius 3 is 1.49 bits per heavy atom. The van der Waals surface area contributed by atoms with Gasteiger partial charge in [-0.15, -0.1) is 0 Å². The van der Waals surface area contributed by atoms with Gasteiger partial charge >= 0.3 is 0 Å². The molecule has 2 aliphatic rings. The average Bonchev–Trinajstić information content (AvgIpc) is 4.00. The number of anilines is 2. The number of benzene rings is 9. The van der Waals surface area contributed by atoms with Crippen LogP contribution in [0.1, 0.15) is 17.0 Å². The first-order valence-electron chi connectivity index (χ1n) is 21.9. The van der Waals surface area contributed by atoms with Crippen LogP contribution in [0.5, 0.6) is 0 Å². The summed E-state index contributed by atoms with van der Waals surface area (Å²) in [6.45, 7) is 0. The van der Waals surface area contributed by atoms with Crippen molar-refractivity contribution in [3.05, 3.63) is 248 Å². The predicted molar refractivity (Wildman–Crippen MR) is 265 cm³/mol. The van der Waals surface area contributed by atoms with Gasteiger partial charge in [0.15, 0.2) is 0 Å². The fourth-order valence-corrected chi connectivity index (χ4v) is 10.6. The summed E-state index contributed by atoms with van der Waals surface area (Å²) < 4.78 is 4.82. The number of fused-ring (bicyclic) bond motifs is 9. The molecule has 13 rings (SSSR count). The third kappa shape index (κ3) is 5.67. The normalized spacial score (nSPS) is 15.6. The molecule has 3 heterocycles. The fourth-order valence-electron chi connectivity index (χ4n) is 10.6. The third-order valence-electron chi connectivity index (χ3n) is 13.4. The van der Waals surface area contributed by atoms with Gasteiger partial charge in [0.2, 0.25) is 0 Å². The van der Waals surface area contributed by atoms with Crippen LogP contribution in [0.4, 0.5) is 11.4 Å². The molecule has 0 amide bonds. The van der Waals surface area contributed by atoms with Crippen LogP contribution in [-0.4, -0.2) is 15.2 Å². The van der Waals surface area contributed by atoms with E-state index < -0.39 is 0 Å². The maximum Gasteiger partial charge on any atom is 0.0630 e. The molecule has 2 unspecified atom stereocenters. The van der Waals surface area contributed by atoms with Gasteiger partial charge in [0, 0.05) is 50.2 Å². The number of rotatable bonds is 6. The lowest BCUT2D eigenvalue weighted by molar-refractivity contribution is 0.747. The second-order valence-corrected chi connectivity index (χ2v) is 16.9. The molecule has 296 valence electrons. The average molecular weight is 804 g/mol. The molecular weight excluding hydrogens is 763 g/mol. The van der Waals surface area contributed by atoms with E-state index in [9.17, 15) is 0 Å². The number of allylic oxidation sites excluding steroid dienone is 2. The molecule has 0 saturated heterocycles. The maximum absolute atomic E-state index is 2.54. The molecule has 63 heavy (non-hydrogen) atoms. The van der Waals surface area contributed by atoms with E-state index in [1.165, 1.54) is 93.9 Å². The van der Waals surface area contributed by atoms with Crippen LogP contribution in [0, 0.1) is 0 Å². The summed E-state index contributed by atoms with van der Waals surface area (Å²) in [6.07, 6.45) is 7.20. The van der Waals surface area contributed by atoms with Crippen LogP contribution in [-0.2, 0) is 0 Å². The highest BCUT2D eigenvalue weighted by molar-refractivity contribution is 6.11. The molecule has 11 aromatic rings. The number of para-hydroxylation sites is 3. The van der Waals surface area contributed by atoms with E-state index in [-0.39, 0.29) is 12.0 Å². The molecule has 2 aromatic heterocycles. The van der Waals surface area contributed by atoms with Gasteiger partial charge in [-0.1, -0.05) is 164 Å². The Labute approximate surface area is 366 Å². The highest BCUT2D eigenvalue weighted by Crippen LogP contribution is 2.50. The lowest BCUT2D eigenvalue weighted by atomic mass is 9.85. The van der Waals surface area contributed by atoms with Crippen molar-refractivity contribution in [2.45, 2.75) is 12.0 Å². The van der Waals surface area contributed by atoms with E-state index in [4.69, 9.17) is 0 Å². The summed E-state index contributed by atoms with van der Waals surface area (Å²) in [5.41, 5.74) is 18.4. The lowest BCUT2D eigenvalue weighted by Crippen LogP contribution is -2.28. The van der Waals surface area contributed by atoms with Crippen LogP contribution in [0.25, 0.3) is 82.8 Å². The van der Waals surface area contributed by atoms with Gasteiger partial charge in [0.1, 0.15) is 0 Å². The van der Waals surface area contributed by atoms with Gasteiger partial charge < -0.3 is 14.0 Å². The van der Waals surface area contributed by atoms with Crippen LogP contribution < -0.4 is 4.90 Å². The third-order valence-corrected chi connectivity index (χ3v) is 13.4. The molecule has 3 heteroatoms. The Bertz CT molecular complexity index is 3570. The van der Waals surface area contributed by atoms with Crippen molar-refractivity contribution in [3.8, 4) is 33.6 Å². The van der Waals surface area contributed by atoms with Crippen molar-refractivity contribution in [2.24, 2.45) is 0 Å². The first kappa shape index (κ1) is 35.6. The van der Waals surface area contributed by atoms with Crippen LogP contribution in [0.3, 0.4) is 0 Å². The van der Waals surface area contributed by atoms with E-state index in [1.807, 2.05) is 0 Å². The van der Waals surface area contributed by atoms with Crippen molar-refractivity contribution < 1.29 is 0 Å². The summed E-state index contributed by atoms with van der Waals surface area (Å²) in [5.74, 6) is 0.228. The molecular formula is C60H41N3. The fraction of sp³-hybridized carbons (Fsp3) is 0.0333. The molecule has 3 nitrogen and oxygen atoms in total. The van der Waals surface area contributed by atoms with E-state index in [0.29, 0.717) is 0 Å². The highest BCUT2D eigenvalue weighted by Gasteiger charge is 2.38. The summed E-state index contributed by atoms with van der Waals surface area (Å²) in [6, 6.07) is 80.2. The summed E-state index contributed by atoms with van der Waals surface area (Å²) in [4.78, 5) is 2.54. The number of nitrogens with zero attached hydrogens (tertiary/aromatic N) is 3. The quantitative estimate of drug-likeness (QED) is 0.163. The summed E-state index contributed by atoms with van der Waals surface area (Å²) in [7, 11) is 0. The number of aromatic nitrogens is 2. The minimum absolute atomic E-state index is 0.181. The monoisotopic (exact) mass is 803 g/mol.